The molecule has 0 aliphatic carbocycles. The molecule has 21 heavy (non-hydrogen) atoms. The van der Waals surface area contributed by atoms with Crippen molar-refractivity contribution in [1.29, 1.82) is 0 Å². The lowest BCUT2D eigenvalue weighted by Gasteiger charge is -2.08. The second-order valence-electron chi connectivity index (χ2n) is 5.21. The number of benzene rings is 2. The van der Waals surface area contributed by atoms with Crippen LogP contribution in [0.3, 0.4) is 0 Å². The van der Waals surface area contributed by atoms with E-state index in [1.807, 2.05) is 30.3 Å². The number of nitrogens with one attached hydrogen (secondary N) is 1. The Morgan fingerprint density at radius 2 is 1.71 bits per heavy atom. The Morgan fingerprint density at radius 1 is 1.05 bits per heavy atom. The van der Waals surface area contributed by atoms with E-state index >= 15 is 0 Å². The summed E-state index contributed by atoms with van der Waals surface area (Å²) >= 11 is 11.8. The van der Waals surface area contributed by atoms with Gasteiger partial charge in [0.15, 0.2) is 0 Å². The summed E-state index contributed by atoms with van der Waals surface area (Å²) in [5.74, 6) is 0.356. The van der Waals surface area contributed by atoms with Crippen molar-refractivity contribution in [1.82, 2.24) is 5.32 Å². The summed E-state index contributed by atoms with van der Waals surface area (Å²) in [7, 11) is 0. The molecule has 2 nitrogen and oxygen atoms in total. The van der Waals surface area contributed by atoms with Gasteiger partial charge in [-0.05, 0) is 41.3 Å². The Morgan fingerprint density at radius 3 is 2.29 bits per heavy atom. The highest BCUT2D eigenvalue weighted by Crippen LogP contribution is 2.22. The molecule has 0 aliphatic heterocycles. The Hall–Kier alpha value is -1.51. The van der Waals surface area contributed by atoms with Crippen LogP contribution in [0.5, 0.6) is 0 Å². The molecule has 1 N–H and O–H groups in total. The van der Waals surface area contributed by atoms with Gasteiger partial charge in [-0.1, -0.05) is 55.2 Å². The first-order chi connectivity index (χ1) is 9.97. The molecule has 0 spiro atoms. The van der Waals surface area contributed by atoms with Crippen LogP contribution in [-0.2, 0) is 6.54 Å². The third-order valence-electron chi connectivity index (χ3n) is 3.28. The van der Waals surface area contributed by atoms with E-state index in [0.717, 1.165) is 5.56 Å². The summed E-state index contributed by atoms with van der Waals surface area (Å²) < 4.78 is 0. The lowest BCUT2D eigenvalue weighted by Crippen LogP contribution is -2.22. The average Bonchev–Trinajstić information content (AvgIpc) is 2.48. The maximum atomic E-state index is 12.1. The van der Waals surface area contributed by atoms with Gasteiger partial charge in [-0.15, -0.1) is 0 Å². The zero-order valence-corrected chi connectivity index (χ0v) is 13.5. The quantitative estimate of drug-likeness (QED) is 0.839. The molecule has 0 fully saturated rings. The van der Waals surface area contributed by atoms with Crippen LogP contribution in [0, 0.1) is 0 Å². The van der Waals surface area contributed by atoms with Crippen LogP contribution in [0.25, 0.3) is 0 Å². The SMILES string of the molecule is CC(C)c1ccc(C(=O)NCc2ccc(Cl)c(Cl)c2)cc1. The predicted molar refractivity (Wildman–Crippen MR) is 88.2 cm³/mol. The molecule has 110 valence electrons. The summed E-state index contributed by atoms with van der Waals surface area (Å²) in [6.45, 7) is 4.67. The summed E-state index contributed by atoms with van der Waals surface area (Å²) in [6.07, 6.45) is 0. The van der Waals surface area contributed by atoms with Crippen molar-refractivity contribution in [2.24, 2.45) is 0 Å². The van der Waals surface area contributed by atoms with E-state index in [1.165, 1.54) is 5.56 Å². The minimum atomic E-state index is -0.101. The van der Waals surface area contributed by atoms with E-state index in [9.17, 15) is 4.79 Å². The first-order valence-electron chi connectivity index (χ1n) is 6.79. The fourth-order valence-electron chi connectivity index (χ4n) is 1.95. The smallest absolute Gasteiger partial charge is 0.251 e. The molecule has 0 aromatic heterocycles. The van der Waals surface area contributed by atoms with Crippen molar-refractivity contribution in [3.05, 3.63) is 69.2 Å². The molecule has 0 aliphatic rings. The highest BCUT2D eigenvalue weighted by Gasteiger charge is 2.07. The zero-order valence-electron chi connectivity index (χ0n) is 12.0. The maximum absolute atomic E-state index is 12.1. The van der Waals surface area contributed by atoms with E-state index < -0.39 is 0 Å². The van der Waals surface area contributed by atoms with Crippen LogP contribution in [-0.4, -0.2) is 5.91 Å². The second-order valence-corrected chi connectivity index (χ2v) is 6.02. The maximum Gasteiger partial charge on any atom is 0.251 e. The standard InChI is InChI=1S/C17H17Cl2NO/c1-11(2)13-4-6-14(7-5-13)17(21)20-10-12-3-8-15(18)16(19)9-12/h3-9,11H,10H2,1-2H3,(H,20,21). The largest absolute Gasteiger partial charge is 0.348 e. The summed E-state index contributed by atoms with van der Waals surface area (Å²) in [6, 6.07) is 13.0. The second kappa shape index (κ2) is 6.97. The molecule has 0 radical (unpaired) electrons. The molecule has 2 rings (SSSR count). The van der Waals surface area contributed by atoms with Crippen molar-refractivity contribution < 1.29 is 4.79 Å². The Kier molecular flexibility index (Phi) is 5.27. The molecule has 2 aromatic rings. The minimum absolute atomic E-state index is 0.101. The number of rotatable bonds is 4. The van der Waals surface area contributed by atoms with Gasteiger partial charge in [-0.3, -0.25) is 4.79 Å². The fraction of sp³-hybridized carbons (Fsp3) is 0.235. The molecular formula is C17H17Cl2NO. The van der Waals surface area contributed by atoms with Gasteiger partial charge < -0.3 is 5.32 Å². The third kappa shape index (κ3) is 4.23. The van der Waals surface area contributed by atoms with E-state index in [1.54, 1.807) is 12.1 Å². The number of halogens is 2. The lowest BCUT2D eigenvalue weighted by atomic mass is 10.0. The Balaban J connectivity index is 1.99. The summed E-state index contributed by atoms with van der Waals surface area (Å²) in [5.41, 5.74) is 2.78. The van der Waals surface area contributed by atoms with Crippen molar-refractivity contribution in [3.63, 3.8) is 0 Å². The van der Waals surface area contributed by atoms with Gasteiger partial charge in [-0.25, -0.2) is 0 Å². The summed E-state index contributed by atoms with van der Waals surface area (Å²) in [5, 5.41) is 3.87. The van der Waals surface area contributed by atoms with Crippen LogP contribution >= 0.6 is 23.2 Å². The molecular weight excluding hydrogens is 305 g/mol. The Labute approximate surface area is 135 Å². The molecule has 0 saturated heterocycles. The van der Waals surface area contributed by atoms with E-state index in [2.05, 4.69) is 19.2 Å². The monoisotopic (exact) mass is 321 g/mol. The third-order valence-corrected chi connectivity index (χ3v) is 4.02. The van der Waals surface area contributed by atoms with E-state index in [4.69, 9.17) is 23.2 Å². The van der Waals surface area contributed by atoms with Crippen LogP contribution in [0.2, 0.25) is 10.0 Å². The normalized spacial score (nSPS) is 10.7. The zero-order chi connectivity index (χ0) is 15.4. The first-order valence-corrected chi connectivity index (χ1v) is 7.55. The molecule has 0 bridgehead atoms. The topological polar surface area (TPSA) is 29.1 Å². The van der Waals surface area contributed by atoms with Gasteiger partial charge >= 0.3 is 0 Å². The van der Waals surface area contributed by atoms with Crippen LogP contribution in [0.1, 0.15) is 41.3 Å². The molecule has 2 aromatic carbocycles. The van der Waals surface area contributed by atoms with Crippen molar-refractivity contribution in [2.75, 3.05) is 0 Å². The highest BCUT2D eigenvalue weighted by molar-refractivity contribution is 6.42. The number of hydrogen-bond acceptors (Lipinski definition) is 1. The van der Waals surface area contributed by atoms with Gasteiger partial charge in [0.1, 0.15) is 0 Å². The molecule has 0 atom stereocenters. The average molecular weight is 322 g/mol. The van der Waals surface area contributed by atoms with Crippen molar-refractivity contribution in [2.45, 2.75) is 26.3 Å². The lowest BCUT2D eigenvalue weighted by molar-refractivity contribution is 0.0951. The number of carbonyl (C=O) groups is 1. The van der Waals surface area contributed by atoms with Gasteiger partial charge in [0, 0.05) is 12.1 Å². The van der Waals surface area contributed by atoms with E-state index in [-0.39, 0.29) is 5.91 Å². The molecule has 0 unspecified atom stereocenters. The molecule has 1 amide bonds. The van der Waals surface area contributed by atoms with Gasteiger partial charge in [0.05, 0.1) is 10.0 Å². The Bertz CT molecular complexity index is 636. The van der Waals surface area contributed by atoms with Gasteiger partial charge in [0.2, 0.25) is 0 Å². The molecule has 0 heterocycles. The van der Waals surface area contributed by atoms with Crippen LogP contribution in [0.4, 0.5) is 0 Å². The van der Waals surface area contributed by atoms with Gasteiger partial charge in [-0.2, -0.15) is 0 Å². The predicted octanol–water partition coefficient (Wildman–Crippen LogP) is 5.05. The van der Waals surface area contributed by atoms with Crippen LogP contribution in [0.15, 0.2) is 42.5 Å². The van der Waals surface area contributed by atoms with Crippen LogP contribution < -0.4 is 5.32 Å². The fourth-order valence-corrected chi connectivity index (χ4v) is 2.27. The summed E-state index contributed by atoms with van der Waals surface area (Å²) in [4.78, 5) is 12.1. The number of amides is 1. The molecule has 4 heteroatoms. The highest BCUT2D eigenvalue weighted by atomic mass is 35.5. The van der Waals surface area contributed by atoms with Gasteiger partial charge in [0.25, 0.3) is 5.91 Å². The number of carbonyl (C=O) groups excluding carboxylic acids is 1. The van der Waals surface area contributed by atoms with Crippen molar-refractivity contribution in [3.8, 4) is 0 Å². The van der Waals surface area contributed by atoms with Crippen molar-refractivity contribution >= 4 is 29.1 Å². The van der Waals surface area contributed by atoms with E-state index in [0.29, 0.717) is 28.1 Å². The first kappa shape index (κ1) is 15.9. The molecule has 0 saturated carbocycles. The minimum Gasteiger partial charge on any atom is -0.348 e. The number of hydrogen-bond donors (Lipinski definition) is 1.